The maximum Gasteiger partial charge on any atom is 0.416 e. The summed E-state index contributed by atoms with van der Waals surface area (Å²) in [4.78, 5) is 25.5. The standard InChI is InChI=1S/C23H20ClF3N4O2/c1-4-12-30-20(15-8-10-18(24)11-9-15)29-31(21(30)33)14-19(32)28-22(2,3)16-6-5-7-17(13-16)23(25,26)27/h1,5-11,13H,12,14H2,2-3H3,(H,28,32). The van der Waals surface area contributed by atoms with Crippen molar-refractivity contribution < 1.29 is 18.0 Å². The number of carbonyl (C=O) groups is 1. The number of aromatic nitrogens is 3. The first-order valence-corrected chi connectivity index (χ1v) is 10.2. The molecule has 10 heteroatoms. The molecule has 1 aromatic heterocycles. The van der Waals surface area contributed by atoms with Crippen LogP contribution in [0.4, 0.5) is 13.2 Å². The zero-order valence-corrected chi connectivity index (χ0v) is 18.5. The van der Waals surface area contributed by atoms with Crippen LogP contribution in [0.3, 0.4) is 0 Å². The van der Waals surface area contributed by atoms with Gasteiger partial charge in [-0.25, -0.2) is 9.48 Å². The zero-order chi connectivity index (χ0) is 24.4. The molecule has 0 fully saturated rings. The minimum Gasteiger partial charge on any atom is -0.346 e. The van der Waals surface area contributed by atoms with Crippen LogP contribution in [-0.2, 0) is 29.6 Å². The topological polar surface area (TPSA) is 68.9 Å². The highest BCUT2D eigenvalue weighted by atomic mass is 35.5. The second-order valence-electron chi connectivity index (χ2n) is 7.81. The molecule has 0 spiro atoms. The maximum absolute atomic E-state index is 13.1. The normalized spacial score (nSPS) is 11.8. The maximum atomic E-state index is 13.1. The molecule has 6 nitrogen and oxygen atoms in total. The van der Waals surface area contributed by atoms with Crippen molar-refractivity contribution >= 4 is 17.5 Å². The Morgan fingerprint density at radius 1 is 1.15 bits per heavy atom. The summed E-state index contributed by atoms with van der Waals surface area (Å²) in [5, 5.41) is 7.40. The highest BCUT2D eigenvalue weighted by molar-refractivity contribution is 6.30. The van der Waals surface area contributed by atoms with E-state index in [0.29, 0.717) is 10.6 Å². The van der Waals surface area contributed by atoms with E-state index in [1.165, 1.54) is 16.7 Å². The minimum absolute atomic E-state index is 0.0614. The Balaban J connectivity index is 1.86. The Morgan fingerprint density at radius 2 is 1.79 bits per heavy atom. The monoisotopic (exact) mass is 476 g/mol. The van der Waals surface area contributed by atoms with E-state index in [-0.39, 0.29) is 17.9 Å². The Bertz CT molecular complexity index is 1270. The molecule has 0 unspecified atom stereocenters. The molecular formula is C23H20ClF3N4O2. The van der Waals surface area contributed by atoms with Crippen LogP contribution in [0.15, 0.2) is 53.3 Å². The highest BCUT2D eigenvalue weighted by Gasteiger charge is 2.32. The molecule has 0 radical (unpaired) electrons. The largest absolute Gasteiger partial charge is 0.416 e. The van der Waals surface area contributed by atoms with Gasteiger partial charge in [0.2, 0.25) is 5.91 Å². The van der Waals surface area contributed by atoms with Crippen molar-refractivity contribution in [1.82, 2.24) is 19.7 Å². The average Bonchev–Trinajstić information content (AvgIpc) is 3.03. The van der Waals surface area contributed by atoms with Gasteiger partial charge in [-0.15, -0.1) is 11.5 Å². The van der Waals surface area contributed by atoms with E-state index >= 15 is 0 Å². The van der Waals surface area contributed by atoms with Crippen LogP contribution in [0, 0.1) is 12.3 Å². The molecule has 1 N–H and O–H groups in total. The van der Waals surface area contributed by atoms with E-state index in [9.17, 15) is 22.8 Å². The molecule has 1 heterocycles. The third kappa shape index (κ3) is 5.46. The van der Waals surface area contributed by atoms with E-state index in [0.717, 1.165) is 16.8 Å². The van der Waals surface area contributed by atoms with Crippen LogP contribution in [0.5, 0.6) is 0 Å². The van der Waals surface area contributed by atoms with Gasteiger partial charge in [0.05, 0.1) is 17.6 Å². The van der Waals surface area contributed by atoms with Crippen molar-refractivity contribution in [3.05, 3.63) is 75.2 Å². The zero-order valence-electron chi connectivity index (χ0n) is 17.8. The number of alkyl halides is 3. The third-order valence-electron chi connectivity index (χ3n) is 4.93. The second kappa shape index (κ2) is 9.16. The summed E-state index contributed by atoms with van der Waals surface area (Å²) in [6.07, 6.45) is 0.866. The van der Waals surface area contributed by atoms with Gasteiger partial charge in [-0.3, -0.25) is 9.36 Å². The number of rotatable bonds is 6. The van der Waals surface area contributed by atoms with Crippen LogP contribution in [-0.4, -0.2) is 20.3 Å². The quantitative estimate of drug-likeness (QED) is 0.545. The number of hydrogen-bond donors (Lipinski definition) is 1. The lowest BCUT2D eigenvalue weighted by Gasteiger charge is -2.27. The molecular weight excluding hydrogens is 457 g/mol. The first-order valence-electron chi connectivity index (χ1n) is 9.78. The van der Waals surface area contributed by atoms with Crippen LogP contribution < -0.4 is 11.0 Å². The fourth-order valence-electron chi connectivity index (χ4n) is 3.27. The van der Waals surface area contributed by atoms with Crippen molar-refractivity contribution in [2.45, 2.75) is 38.7 Å². The molecule has 1 amide bonds. The van der Waals surface area contributed by atoms with E-state index in [1.54, 1.807) is 38.1 Å². The van der Waals surface area contributed by atoms with Gasteiger partial charge in [-0.2, -0.15) is 13.2 Å². The van der Waals surface area contributed by atoms with Gasteiger partial charge in [-0.1, -0.05) is 29.7 Å². The predicted octanol–water partition coefficient (Wildman–Crippen LogP) is 4.07. The molecule has 3 rings (SSSR count). The van der Waals surface area contributed by atoms with Gasteiger partial charge in [0, 0.05) is 10.6 Å². The van der Waals surface area contributed by atoms with Crippen molar-refractivity contribution in [2.24, 2.45) is 0 Å². The SMILES string of the molecule is C#CCn1c(-c2ccc(Cl)cc2)nn(CC(=O)NC(C)(C)c2cccc(C(F)(F)F)c2)c1=O. The summed E-state index contributed by atoms with van der Waals surface area (Å²) in [7, 11) is 0. The lowest BCUT2D eigenvalue weighted by molar-refractivity contribution is -0.137. The summed E-state index contributed by atoms with van der Waals surface area (Å²) in [6.45, 7) is 2.63. The van der Waals surface area contributed by atoms with Gasteiger partial charge < -0.3 is 5.32 Å². The molecule has 0 aliphatic carbocycles. The molecule has 0 atom stereocenters. The first-order chi connectivity index (χ1) is 15.4. The van der Waals surface area contributed by atoms with Gasteiger partial charge >= 0.3 is 11.9 Å². The summed E-state index contributed by atoms with van der Waals surface area (Å²) < 4.78 is 41.4. The molecule has 3 aromatic rings. The molecule has 0 bridgehead atoms. The smallest absolute Gasteiger partial charge is 0.346 e. The summed E-state index contributed by atoms with van der Waals surface area (Å²) in [5.74, 6) is 2.04. The molecule has 0 saturated carbocycles. The number of benzene rings is 2. The van der Waals surface area contributed by atoms with E-state index in [1.807, 2.05) is 0 Å². The first kappa shape index (κ1) is 24.1. The van der Waals surface area contributed by atoms with Gasteiger partial charge in [0.1, 0.15) is 6.54 Å². The number of amides is 1. The van der Waals surface area contributed by atoms with Crippen LogP contribution in [0.2, 0.25) is 5.02 Å². The van der Waals surface area contributed by atoms with Crippen molar-refractivity contribution in [2.75, 3.05) is 0 Å². The van der Waals surface area contributed by atoms with Gasteiger partial charge in [0.25, 0.3) is 0 Å². The van der Waals surface area contributed by atoms with Crippen LogP contribution in [0.25, 0.3) is 11.4 Å². The fraction of sp³-hybridized carbons (Fsp3) is 0.261. The Morgan fingerprint density at radius 3 is 2.39 bits per heavy atom. The predicted molar refractivity (Wildman–Crippen MR) is 118 cm³/mol. The Labute approximate surface area is 193 Å². The van der Waals surface area contributed by atoms with Crippen molar-refractivity contribution in [1.29, 1.82) is 0 Å². The average molecular weight is 477 g/mol. The molecule has 2 aromatic carbocycles. The highest BCUT2D eigenvalue weighted by Crippen LogP contribution is 2.32. The van der Waals surface area contributed by atoms with Gasteiger partial charge in [-0.05, 0) is 55.8 Å². The lowest BCUT2D eigenvalue weighted by atomic mass is 9.92. The number of halogens is 4. The van der Waals surface area contributed by atoms with E-state index in [2.05, 4.69) is 16.3 Å². The number of nitrogens with one attached hydrogen (secondary N) is 1. The minimum atomic E-state index is -4.51. The number of carbonyl (C=O) groups excluding carboxylic acids is 1. The number of nitrogens with zero attached hydrogens (tertiary/aromatic N) is 3. The van der Waals surface area contributed by atoms with Crippen molar-refractivity contribution in [3.8, 4) is 23.7 Å². The summed E-state index contributed by atoms with van der Waals surface area (Å²) in [5.41, 5.74) is -1.71. The van der Waals surface area contributed by atoms with Crippen LogP contribution >= 0.6 is 11.6 Å². The lowest BCUT2D eigenvalue weighted by Crippen LogP contribution is -2.44. The van der Waals surface area contributed by atoms with E-state index in [4.69, 9.17) is 18.0 Å². The van der Waals surface area contributed by atoms with E-state index < -0.39 is 35.4 Å². The molecule has 0 saturated heterocycles. The Kier molecular flexibility index (Phi) is 6.70. The fourth-order valence-corrected chi connectivity index (χ4v) is 3.40. The molecule has 172 valence electrons. The van der Waals surface area contributed by atoms with Gasteiger partial charge in [0.15, 0.2) is 5.82 Å². The third-order valence-corrected chi connectivity index (χ3v) is 5.18. The Hall–Kier alpha value is -3.51. The number of terminal acetylenes is 1. The molecule has 0 aliphatic heterocycles. The molecule has 33 heavy (non-hydrogen) atoms. The van der Waals surface area contributed by atoms with Crippen molar-refractivity contribution in [3.63, 3.8) is 0 Å². The molecule has 0 aliphatic rings. The summed E-state index contributed by atoms with van der Waals surface area (Å²) >= 11 is 5.91. The second-order valence-corrected chi connectivity index (χ2v) is 8.25. The van der Waals surface area contributed by atoms with Crippen LogP contribution in [0.1, 0.15) is 25.0 Å². The summed E-state index contributed by atoms with van der Waals surface area (Å²) in [6, 6.07) is 11.3. The number of hydrogen-bond acceptors (Lipinski definition) is 3.